The van der Waals surface area contributed by atoms with Crippen molar-refractivity contribution in [1.29, 1.82) is 0 Å². The first kappa shape index (κ1) is 56.3. The van der Waals surface area contributed by atoms with Crippen molar-refractivity contribution in [3.8, 4) is 22.3 Å². The molecule has 3 nitrogen and oxygen atoms in total. The zero-order valence-electron chi connectivity index (χ0n) is 55.7. The average molecular weight is 1140 g/mol. The fourth-order valence-electron chi connectivity index (χ4n) is 18.4. The number of hydrogen-bond acceptors (Lipinski definition) is 3. The van der Waals surface area contributed by atoms with Gasteiger partial charge in [-0.3, -0.25) is 0 Å². The molecule has 0 amide bonds. The van der Waals surface area contributed by atoms with Gasteiger partial charge in [0.2, 0.25) is 0 Å². The first-order valence-corrected chi connectivity index (χ1v) is 33.3. The van der Waals surface area contributed by atoms with Crippen LogP contribution in [0.4, 0.5) is 34.1 Å². The van der Waals surface area contributed by atoms with Crippen molar-refractivity contribution in [2.75, 3.05) is 9.80 Å². The lowest BCUT2D eigenvalue weighted by Crippen LogP contribution is -2.61. The van der Waals surface area contributed by atoms with Crippen molar-refractivity contribution in [3.63, 3.8) is 0 Å². The van der Waals surface area contributed by atoms with E-state index in [2.05, 4.69) is 263 Å². The number of rotatable bonds is 3. The molecule has 0 atom stereocenters. The number of benzene rings is 7. The van der Waals surface area contributed by atoms with Crippen molar-refractivity contribution >= 4 is 68.4 Å². The Hall–Kier alpha value is -6.26. The summed E-state index contributed by atoms with van der Waals surface area (Å²) in [4.78, 5) is 5.52. The van der Waals surface area contributed by atoms with E-state index in [0.29, 0.717) is 11.8 Å². The molecule has 6 aliphatic carbocycles. The summed E-state index contributed by atoms with van der Waals surface area (Å²) in [6.07, 6.45) is 9.16. The van der Waals surface area contributed by atoms with Crippen molar-refractivity contribution in [3.05, 3.63) is 171 Å². The highest BCUT2D eigenvalue weighted by molar-refractivity contribution is 7.00. The molecule has 8 aromatic rings. The van der Waals surface area contributed by atoms with Gasteiger partial charge in [0.05, 0.1) is 22.7 Å². The quantitative estimate of drug-likeness (QED) is 0.164. The van der Waals surface area contributed by atoms with Crippen LogP contribution < -0.4 is 26.4 Å². The summed E-state index contributed by atoms with van der Waals surface area (Å²) in [5, 5.41) is 1.23. The highest BCUT2D eigenvalue weighted by atomic mass is 16.3. The third-order valence-corrected chi connectivity index (χ3v) is 23.2. The van der Waals surface area contributed by atoms with Crippen LogP contribution in [-0.4, -0.2) is 6.71 Å². The second-order valence-electron chi connectivity index (χ2n) is 35.0. The molecule has 7 aromatic carbocycles. The van der Waals surface area contributed by atoms with Gasteiger partial charge in [-0.25, -0.2) is 0 Å². The Morgan fingerprint density at radius 1 is 0.430 bits per heavy atom. The number of fused-ring (bicyclic) bond motifs is 10. The summed E-state index contributed by atoms with van der Waals surface area (Å²) in [6, 6.07) is 50.2. The van der Waals surface area contributed by atoms with E-state index in [0.717, 1.165) is 35.9 Å². The molecule has 4 bridgehead atoms. The van der Waals surface area contributed by atoms with Gasteiger partial charge in [-0.1, -0.05) is 204 Å². The first-order chi connectivity index (χ1) is 40.2. The van der Waals surface area contributed by atoms with Crippen molar-refractivity contribution in [1.82, 2.24) is 0 Å². The predicted octanol–water partition coefficient (Wildman–Crippen LogP) is 20.7. The summed E-state index contributed by atoms with van der Waals surface area (Å²) >= 11 is 0. The summed E-state index contributed by atoms with van der Waals surface area (Å²) in [6.45, 7) is 45.6. The van der Waals surface area contributed by atoms with Crippen molar-refractivity contribution in [2.45, 2.75) is 220 Å². The summed E-state index contributed by atoms with van der Waals surface area (Å²) < 4.78 is 7.99. The fraction of sp³-hybridized carbons (Fsp3) is 0.463. The van der Waals surface area contributed by atoms with Crippen LogP contribution in [0, 0.1) is 23.7 Å². The molecule has 0 unspecified atom stereocenters. The SMILES string of the molecule is CC(C)(C)c1cc(-c2cc(C(C)(C)C)ccc2N2c3ccc(C(C)(C)C)cc3B3c4oc5cc6c(cc5c4N(c4cccc5c4-c4ccccc4C54C5CC7CC(C5)CC4C7)c4cc(C(C)(C)C)cc2c43)C(C)(C)CCC6(C)C)cc(C(C)(C)C)c1. The van der Waals surface area contributed by atoms with E-state index in [-0.39, 0.29) is 50.0 Å². The van der Waals surface area contributed by atoms with Crippen LogP contribution in [0.25, 0.3) is 33.2 Å². The molecular weight excluding hydrogens is 1040 g/mol. The van der Waals surface area contributed by atoms with Crippen LogP contribution in [0.5, 0.6) is 0 Å². The largest absolute Gasteiger partial charge is 0.468 e. The Labute approximate surface area is 516 Å². The van der Waals surface area contributed by atoms with Crippen molar-refractivity contribution < 1.29 is 4.42 Å². The minimum Gasteiger partial charge on any atom is -0.468 e. The minimum atomic E-state index is -0.195. The molecule has 0 radical (unpaired) electrons. The normalized spacial score (nSPS) is 23.1. The maximum Gasteiger partial charge on any atom is 0.297 e. The van der Waals surface area contributed by atoms with Gasteiger partial charge in [-0.2, -0.15) is 0 Å². The second kappa shape index (κ2) is 18.0. The summed E-state index contributed by atoms with van der Waals surface area (Å²) in [7, 11) is 0. The Bertz CT molecular complexity index is 4120. The van der Waals surface area contributed by atoms with Crippen LogP contribution in [0.15, 0.2) is 126 Å². The third kappa shape index (κ3) is 8.10. The first-order valence-electron chi connectivity index (χ1n) is 33.3. The molecule has 1 aromatic heterocycles. The molecule has 4 saturated carbocycles. The molecule has 16 rings (SSSR count). The molecule has 2 aliphatic heterocycles. The van der Waals surface area contributed by atoms with Gasteiger partial charge in [0, 0.05) is 39.0 Å². The minimum absolute atomic E-state index is 0.00575. The van der Waals surface area contributed by atoms with Gasteiger partial charge >= 0.3 is 0 Å². The predicted molar refractivity (Wildman–Crippen MR) is 368 cm³/mol. The molecule has 0 saturated heterocycles. The lowest BCUT2D eigenvalue weighted by molar-refractivity contribution is -0.0399. The maximum atomic E-state index is 7.99. The molecule has 8 aliphatic rings. The van der Waals surface area contributed by atoms with Gasteiger partial charge in [0.15, 0.2) is 0 Å². The second-order valence-corrected chi connectivity index (χ2v) is 35.0. The van der Waals surface area contributed by atoms with E-state index in [1.54, 1.807) is 11.1 Å². The smallest absolute Gasteiger partial charge is 0.297 e. The van der Waals surface area contributed by atoms with Gasteiger partial charge in [0.1, 0.15) is 5.58 Å². The fourth-order valence-corrected chi connectivity index (χ4v) is 18.4. The lowest BCUT2D eigenvalue weighted by atomic mass is 9.35. The molecule has 1 spiro atoms. The molecule has 4 fully saturated rings. The molecule has 442 valence electrons. The van der Waals surface area contributed by atoms with E-state index < -0.39 is 0 Å². The summed E-state index contributed by atoms with van der Waals surface area (Å²) in [5.41, 5.74) is 29.9. The van der Waals surface area contributed by atoms with E-state index in [1.165, 1.54) is 144 Å². The highest BCUT2D eigenvalue weighted by Crippen LogP contribution is 2.71. The number of furan rings is 1. The topological polar surface area (TPSA) is 19.6 Å². The Morgan fingerprint density at radius 2 is 0.953 bits per heavy atom. The third-order valence-electron chi connectivity index (χ3n) is 23.2. The number of nitrogens with zero attached hydrogens (tertiary/aromatic N) is 2. The van der Waals surface area contributed by atoms with E-state index in [1.807, 2.05) is 0 Å². The molecule has 0 N–H and O–H groups in total. The van der Waals surface area contributed by atoms with Crippen LogP contribution in [0.1, 0.15) is 227 Å². The summed E-state index contributed by atoms with van der Waals surface area (Å²) in [5.74, 6) is 3.05. The molecule has 3 heterocycles. The van der Waals surface area contributed by atoms with Crippen LogP contribution >= 0.6 is 0 Å². The Morgan fingerprint density at radius 3 is 1.55 bits per heavy atom. The Kier molecular flexibility index (Phi) is 11.8. The van der Waals surface area contributed by atoms with E-state index >= 15 is 0 Å². The van der Waals surface area contributed by atoms with Crippen LogP contribution in [0.3, 0.4) is 0 Å². The number of hydrogen-bond donors (Lipinski definition) is 0. The molecular formula is C82H95BN2O. The maximum absolute atomic E-state index is 7.99. The highest BCUT2D eigenvalue weighted by Gasteiger charge is 2.62. The van der Waals surface area contributed by atoms with Crippen LogP contribution in [0.2, 0.25) is 0 Å². The number of anilines is 6. The Balaban J connectivity index is 1.09. The zero-order valence-corrected chi connectivity index (χ0v) is 55.7. The standard InChI is InChI=1S/C82H95BN2O/c1-75(2,3)50-27-29-65(58(41-50)49-38-52(77(7,8)9)40-53(39-49)78(10,11)12)84-66-30-28-51(76(4,5)6)42-64(66)83-72-68(84)43-54(79(13,14)15)44-69(72)85(73-59-45-62-63(46-70(59)86-74(73)83)81(18,19)32-31-80(62,16)17)67-26-22-25-61-71(67)57-23-20-21-24-60(57)82(61)55-34-47-33-48(36-55)37-56(82)35-47/h20-30,38-48,55-56H,31-37H2,1-19H3. The van der Waals surface area contributed by atoms with Gasteiger partial charge in [-0.05, 0) is 227 Å². The van der Waals surface area contributed by atoms with Gasteiger partial charge < -0.3 is 14.2 Å². The van der Waals surface area contributed by atoms with Crippen LogP contribution in [-0.2, 0) is 43.3 Å². The molecule has 86 heavy (non-hydrogen) atoms. The van der Waals surface area contributed by atoms with Gasteiger partial charge in [-0.15, -0.1) is 0 Å². The lowest BCUT2D eigenvalue weighted by Gasteiger charge is -2.61. The van der Waals surface area contributed by atoms with Gasteiger partial charge in [0.25, 0.3) is 6.71 Å². The van der Waals surface area contributed by atoms with E-state index in [4.69, 9.17) is 4.42 Å². The molecule has 4 heteroatoms. The van der Waals surface area contributed by atoms with E-state index in [9.17, 15) is 0 Å². The zero-order chi connectivity index (χ0) is 60.7. The van der Waals surface area contributed by atoms with Crippen molar-refractivity contribution in [2.24, 2.45) is 23.7 Å². The monoisotopic (exact) mass is 1130 g/mol. The average Bonchev–Trinajstić information content (AvgIpc) is 1.40.